The summed E-state index contributed by atoms with van der Waals surface area (Å²) in [7, 11) is 0. The minimum atomic E-state index is 0.630. The average molecular weight is 236 g/mol. The van der Waals surface area contributed by atoms with Crippen molar-refractivity contribution in [1.29, 1.82) is 0 Å². The van der Waals surface area contributed by atoms with Crippen molar-refractivity contribution in [3.05, 3.63) is 11.6 Å². The van der Waals surface area contributed by atoms with Crippen LogP contribution in [0.3, 0.4) is 0 Å². The molecule has 3 nitrogen and oxygen atoms in total. The molecule has 1 N–H and O–H groups in total. The van der Waals surface area contributed by atoms with E-state index in [1.807, 2.05) is 6.92 Å². The summed E-state index contributed by atoms with van der Waals surface area (Å²) in [5, 5.41) is 12.5. The van der Waals surface area contributed by atoms with Gasteiger partial charge in [-0.15, -0.1) is 10.2 Å². The molecule has 72 valence electrons. The molecule has 0 fully saturated rings. The van der Waals surface area contributed by atoms with Crippen LogP contribution in [0.25, 0.3) is 0 Å². The fourth-order valence-corrected chi connectivity index (χ4v) is 2.37. The van der Waals surface area contributed by atoms with Gasteiger partial charge in [0.15, 0.2) is 4.34 Å². The van der Waals surface area contributed by atoms with Crippen molar-refractivity contribution in [3.63, 3.8) is 0 Å². The van der Waals surface area contributed by atoms with Crippen molar-refractivity contribution < 1.29 is 0 Å². The van der Waals surface area contributed by atoms with Crippen LogP contribution >= 0.6 is 34.7 Å². The standard InChI is InChI=1S/C7H10ClN3S2/c1-3-9-6-10-11-7(13-6)12-4-5(2)8/h2-4H2,1H3,(H,9,10). The molecule has 0 aliphatic heterocycles. The van der Waals surface area contributed by atoms with Gasteiger partial charge in [0, 0.05) is 17.3 Å². The summed E-state index contributed by atoms with van der Waals surface area (Å²) in [6.07, 6.45) is 0. The molecule has 1 heterocycles. The van der Waals surface area contributed by atoms with Gasteiger partial charge in [-0.05, 0) is 6.92 Å². The van der Waals surface area contributed by atoms with Crippen LogP contribution in [0.2, 0.25) is 0 Å². The summed E-state index contributed by atoms with van der Waals surface area (Å²) in [5.74, 6) is 0.683. The van der Waals surface area contributed by atoms with Gasteiger partial charge >= 0.3 is 0 Å². The molecular formula is C7H10ClN3S2. The zero-order valence-corrected chi connectivity index (χ0v) is 9.60. The first-order valence-corrected chi connectivity index (χ1v) is 5.94. The Morgan fingerprint density at radius 3 is 3.08 bits per heavy atom. The predicted molar refractivity (Wildman–Crippen MR) is 59.8 cm³/mol. The smallest absolute Gasteiger partial charge is 0.206 e. The Morgan fingerprint density at radius 1 is 1.69 bits per heavy atom. The highest BCUT2D eigenvalue weighted by Crippen LogP contribution is 2.26. The van der Waals surface area contributed by atoms with Crippen molar-refractivity contribution in [2.45, 2.75) is 11.3 Å². The lowest BCUT2D eigenvalue weighted by atomic mass is 10.7. The molecule has 6 heteroatoms. The third-order valence-corrected chi connectivity index (χ3v) is 3.48. The van der Waals surface area contributed by atoms with Gasteiger partial charge in [-0.25, -0.2) is 0 Å². The second kappa shape index (κ2) is 5.47. The summed E-state index contributed by atoms with van der Waals surface area (Å²) in [6.45, 7) is 6.48. The van der Waals surface area contributed by atoms with E-state index in [0.29, 0.717) is 10.8 Å². The third-order valence-electron chi connectivity index (χ3n) is 1.09. The van der Waals surface area contributed by atoms with Gasteiger partial charge in [0.05, 0.1) is 0 Å². The Labute approximate surface area is 90.6 Å². The number of rotatable bonds is 5. The Hall–Kier alpha value is -0.260. The summed E-state index contributed by atoms with van der Waals surface area (Å²) < 4.78 is 0.915. The second-order valence-corrected chi connectivity index (χ2v) is 4.94. The van der Waals surface area contributed by atoms with Crippen LogP contribution in [0.4, 0.5) is 5.13 Å². The Balaban J connectivity index is 2.44. The molecule has 0 aliphatic rings. The van der Waals surface area contributed by atoms with Crippen LogP contribution < -0.4 is 5.32 Å². The van der Waals surface area contributed by atoms with Gasteiger partial charge in [-0.2, -0.15) is 0 Å². The van der Waals surface area contributed by atoms with Crippen molar-refractivity contribution in [2.75, 3.05) is 17.6 Å². The second-order valence-electron chi connectivity index (χ2n) is 2.21. The van der Waals surface area contributed by atoms with Crippen LogP contribution in [0.15, 0.2) is 16.0 Å². The highest BCUT2D eigenvalue weighted by molar-refractivity contribution is 8.01. The summed E-state index contributed by atoms with van der Waals surface area (Å²) in [6, 6.07) is 0. The van der Waals surface area contributed by atoms with Gasteiger partial charge in [-0.1, -0.05) is 41.3 Å². The van der Waals surface area contributed by atoms with Crippen LogP contribution in [0.5, 0.6) is 0 Å². The van der Waals surface area contributed by atoms with Crippen molar-refractivity contribution in [1.82, 2.24) is 10.2 Å². The number of anilines is 1. The third kappa shape index (κ3) is 3.97. The molecule has 13 heavy (non-hydrogen) atoms. The highest BCUT2D eigenvalue weighted by atomic mass is 35.5. The predicted octanol–water partition coefficient (Wildman–Crippen LogP) is 2.81. The minimum absolute atomic E-state index is 0.630. The average Bonchev–Trinajstić information content (AvgIpc) is 2.50. The zero-order valence-electron chi connectivity index (χ0n) is 7.21. The first kappa shape index (κ1) is 10.8. The van der Waals surface area contributed by atoms with Crippen molar-refractivity contribution >= 4 is 39.8 Å². The largest absolute Gasteiger partial charge is 0.360 e. The maximum atomic E-state index is 5.62. The van der Waals surface area contributed by atoms with E-state index in [1.165, 1.54) is 11.3 Å². The van der Waals surface area contributed by atoms with Gasteiger partial charge < -0.3 is 5.32 Å². The molecule has 1 aromatic heterocycles. The maximum Gasteiger partial charge on any atom is 0.206 e. The fraction of sp³-hybridized carbons (Fsp3) is 0.429. The number of aromatic nitrogens is 2. The maximum absolute atomic E-state index is 5.62. The molecule has 0 radical (unpaired) electrons. The fourth-order valence-electron chi connectivity index (χ4n) is 0.631. The van der Waals surface area contributed by atoms with E-state index in [9.17, 15) is 0 Å². The number of nitrogens with zero attached hydrogens (tertiary/aromatic N) is 2. The molecule has 0 aliphatic carbocycles. The van der Waals surface area contributed by atoms with E-state index in [2.05, 4.69) is 22.1 Å². The normalized spacial score (nSPS) is 10.0. The van der Waals surface area contributed by atoms with Crippen LogP contribution in [0.1, 0.15) is 6.92 Å². The van der Waals surface area contributed by atoms with Crippen molar-refractivity contribution in [3.8, 4) is 0 Å². The number of hydrogen-bond acceptors (Lipinski definition) is 5. The molecule has 0 unspecified atom stereocenters. The molecule has 1 aromatic rings. The number of halogens is 1. The Bertz CT molecular complexity index is 287. The molecule has 1 rings (SSSR count). The molecule has 0 saturated heterocycles. The first-order valence-electron chi connectivity index (χ1n) is 3.76. The lowest BCUT2D eigenvalue weighted by Crippen LogP contribution is -1.94. The van der Waals surface area contributed by atoms with Crippen LogP contribution in [-0.4, -0.2) is 22.5 Å². The lowest BCUT2D eigenvalue weighted by Gasteiger charge is -1.92. The van der Waals surface area contributed by atoms with Gasteiger partial charge in [-0.3, -0.25) is 0 Å². The topological polar surface area (TPSA) is 37.8 Å². The quantitative estimate of drug-likeness (QED) is 0.797. The van der Waals surface area contributed by atoms with Crippen LogP contribution in [0, 0.1) is 0 Å². The van der Waals surface area contributed by atoms with E-state index in [1.54, 1.807) is 11.8 Å². The molecule has 0 aromatic carbocycles. The molecule has 0 bridgehead atoms. The Kier molecular flexibility index (Phi) is 4.55. The summed E-state index contributed by atoms with van der Waals surface area (Å²) >= 11 is 8.70. The molecule has 0 saturated carbocycles. The van der Waals surface area contributed by atoms with E-state index in [-0.39, 0.29) is 0 Å². The molecule has 0 amide bonds. The number of hydrogen-bond donors (Lipinski definition) is 1. The van der Waals surface area contributed by atoms with Gasteiger partial charge in [0.2, 0.25) is 5.13 Å². The van der Waals surface area contributed by atoms with E-state index >= 15 is 0 Å². The monoisotopic (exact) mass is 235 g/mol. The minimum Gasteiger partial charge on any atom is -0.360 e. The van der Waals surface area contributed by atoms with E-state index in [4.69, 9.17) is 11.6 Å². The molecular weight excluding hydrogens is 226 g/mol. The first-order chi connectivity index (χ1) is 6.22. The Morgan fingerprint density at radius 2 is 2.46 bits per heavy atom. The highest BCUT2D eigenvalue weighted by Gasteiger charge is 2.03. The molecule has 0 spiro atoms. The van der Waals surface area contributed by atoms with E-state index < -0.39 is 0 Å². The zero-order chi connectivity index (χ0) is 9.68. The molecule has 0 atom stereocenters. The van der Waals surface area contributed by atoms with Gasteiger partial charge in [0.25, 0.3) is 0 Å². The van der Waals surface area contributed by atoms with Gasteiger partial charge in [0.1, 0.15) is 0 Å². The summed E-state index contributed by atoms with van der Waals surface area (Å²) in [4.78, 5) is 0. The summed E-state index contributed by atoms with van der Waals surface area (Å²) in [5.41, 5.74) is 0. The van der Waals surface area contributed by atoms with Crippen LogP contribution in [-0.2, 0) is 0 Å². The lowest BCUT2D eigenvalue weighted by molar-refractivity contribution is 1.00. The number of thioether (sulfide) groups is 1. The number of nitrogens with one attached hydrogen (secondary N) is 1. The van der Waals surface area contributed by atoms with Crippen molar-refractivity contribution in [2.24, 2.45) is 0 Å². The van der Waals surface area contributed by atoms with E-state index in [0.717, 1.165) is 16.0 Å². The SMILES string of the molecule is C=C(Cl)CSc1nnc(NCC)s1.